The molecule has 1 aliphatic carbocycles. The molecule has 1 amide bonds. The van der Waals surface area contributed by atoms with Crippen molar-refractivity contribution in [1.29, 1.82) is 0 Å². The molecule has 0 radical (unpaired) electrons. The van der Waals surface area contributed by atoms with E-state index in [2.05, 4.69) is 41.5 Å². The van der Waals surface area contributed by atoms with Gasteiger partial charge in [0.05, 0.1) is 6.54 Å². The first-order valence-corrected chi connectivity index (χ1v) is 7.92. The third-order valence-corrected chi connectivity index (χ3v) is 4.69. The van der Waals surface area contributed by atoms with Gasteiger partial charge in [0.1, 0.15) is 0 Å². The first-order valence-electron chi connectivity index (χ1n) is 7.92. The zero-order chi connectivity index (χ0) is 14.9. The third-order valence-electron chi connectivity index (χ3n) is 4.69. The van der Waals surface area contributed by atoms with Crippen molar-refractivity contribution in [3.05, 3.63) is 29.3 Å². The molecular weight excluding hydrogens is 262 g/mol. The van der Waals surface area contributed by atoms with Crippen molar-refractivity contribution in [2.75, 3.05) is 31.5 Å². The number of hydrogen-bond donors (Lipinski definition) is 2. The van der Waals surface area contributed by atoms with Gasteiger partial charge in [-0.15, -0.1) is 0 Å². The molecule has 1 saturated heterocycles. The van der Waals surface area contributed by atoms with Crippen molar-refractivity contribution < 1.29 is 4.79 Å². The van der Waals surface area contributed by atoms with Crippen LogP contribution in [0.4, 0.5) is 5.69 Å². The molecular formula is C17H25N3O. The Morgan fingerprint density at radius 1 is 1.33 bits per heavy atom. The van der Waals surface area contributed by atoms with Gasteiger partial charge < -0.3 is 10.6 Å². The number of amides is 1. The minimum Gasteiger partial charge on any atom is -0.325 e. The highest BCUT2D eigenvalue weighted by atomic mass is 16.2. The molecule has 2 aliphatic rings. The van der Waals surface area contributed by atoms with E-state index in [0.717, 1.165) is 31.7 Å². The topological polar surface area (TPSA) is 44.4 Å². The maximum atomic E-state index is 12.3. The number of hydrogen-bond acceptors (Lipinski definition) is 3. The average Bonchev–Trinajstić information content (AvgIpc) is 2.88. The van der Waals surface area contributed by atoms with Crippen LogP contribution in [0.3, 0.4) is 0 Å². The highest BCUT2D eigenvalue weighted by Crippen LogP contribution is 2.25. The SMILES string of the molecule is CC1(C)CNCCN1CC(=O)Nc1ccc2c(c1)CCC2. The van der Waals surface area contributed by atoms with Crippen LogP contribution in [0.25, 0.3) is 0 Å². The van der Waals surface area contributed by atoms with Crippen molar-refractivity contribution in [2.45, 2.75) is 38.6 Å². The number of piperazine rings is 1. The van der Waals surface area contributed by atoms with Gasteiger partial charge in [0, 0.05) is 30.9 Å². The second kappa shape index (κ2) is 5.78. The summed E-state index contributed by atoms with van der Waals surface area (Å²) in [4.78, 5) is 14.6. The van der Waals surface area contributed by atoms with Gasteiger partial charge in [-0.3, -0.25) is 9.69 Å². The normalized spacial score (nSPS) is 21.0. The molecule has 1 heterocycles. The molecule has 114 valence electrons. The zero-order valence-corrected chi connectivity index (χ0v) is 13.0. The number of anilines is 1. The lowest BCUT2D eigenvalue weighted by atomic mass is 10.0. The number of fused-ring (bicyclic) bond motifs is 1. The van der Waals surface area contributed by atoms with E-state index >= 15 is 0 Å². The van der Waals surface area contributed by atoms with Gasteiger partial charge in [-0.1, -0.05) is 6.07 Å². The Hall–Kier alpha value is -1.39. The molecule has 1 aromatic carbocycles. The van der Waals surface area contributed by atoms with Crippen LogP contribution in [0.2, 0.25) is 0 Å². The van der Waals surface area contributed by atoms with Gasteiger partial charge in [0.2, 0.25) is 5.91 Å². The number of benzene rings is 1. The van der Waals surface area contributed by atoms with Crippen LogP contribution in [0.5, 0.6) is 0 Å². The fourth-order valence-corrected chi connectivity index (χ4v) is 3.34. The van der Waals surface area contributed by atoms with Gasteiger partial charge in [0.25, 0.3) is 0 Å². The molecule has 1 aromatic rings. The summed E-state index contributed by atoms with van der Waals surface area (Å²) in [7, 11) is 0. The predicted octanol–water partition coefficient (Wildman–Crippen LogP) is 1.80. The van der Waals surface area contributed by atoms with Gasteiger partial charge >= 0.3 is 0 Å². The molecule has 0 saturated carbocycles. The van der Waals surface area contributed by atoms with Crippen LogP contribution in [0.15, 0.2) is 18.2 Å². The maximum Gasteiger partial charge on any atom is 0.238 e. The summed E-state index contributed by atoms with van der Waals surface area (Å²) in [6.07, 6.45) is 3.56. The van der Waals surface area contributed by atoms with Gasteiger partial charge in [-0.25, -0.2) is 0 Å². The van der Waals surface area contributed by atoms with Crippen LogP contribution in [0.1, 0.15) is 31.4 Å². The van der Waals surface area contributed by atoms with Gasteiger partial charge in [-0.05, 0) is 56.4 Å². The number of nitrogens with zero attached hydrogens (tertiary/aromatic N) is 1. The van der Waals surface area contributed by atoms with Gasteiger partial charge in [-0.2, -0.15) is 0 Å². The Bertz CT molecular complexity index is 539. The molecule has 4 nitrogen and oxygen atoms in total. The number of carbonyl (C=O) groups excluding carboxylic acids is 1. The van der Waals surface area contributed by atoms with E-state index in [4.69, 9.17) is 0 Å². The number of aryl methyl sites for hydroxylation is 2. The van der Waals surface area contributed by atoms with Crippen molar-refractivity contribution in [2.24, 2.45) is 0 Å². The quantitative estimate of drug-likeness (QED) is 0.891. The molecule has 0 bridgehead atoms. The van der Waals surface area contributed by atoms with Crippen LogP contribution in [-0.4, -0.2) is 42.5 Å². The van der Waals surface area contributed by atoms with Gasteiger partial charge in [0.15, 0.2) is 0 Å². The van der Waals surface area contributed by atoms with Crippen LogP contribution in [-0.2, 0) is 17.6 Å². The van der Waals surface area contributed by atoms with Crippen molar-refractivity contribution in [3.63, 3.8) is 0 Å². The smallest absolute Gasteiger partial charge is 0.238 e. The Labute approximate surface area is 126 Å². The molecule has 21 heavy (non-hydrogen) atoms. The first-order chi connectivity index (χ1) is 10.0. The third kappa shape index (κ3) is 3.27. The fourth-order valence-electron chi connectivity index (χ4n) is 3.34. The Balaban J connectivity index is 1.61. The lowest BCUT2D eigenvalue weighted by Crippen LogP contribution is -2.59. The minimum absolute atomic E-state index is 0.0352. The van der Waals surface area contributed by atoms with E-state index in [1.807, 2.05) is 6.07 Å². The summed E-state index contributed by atoms with van der Waals surface area (Å²) in [5, 5.41) is 6.44. The predicted molar refractivity (Wildman–Crippen MR) is 85.6 cm³/mol. The van der Waals surface area contributed by atoms with E-state index in [1.54, 1.807) is 0 Å². The number of rotatable bonds is 3. The molecule has 0 unspecified atom stereocenters. The molecule has 1 fully saturated rings. The molecule has 0 spiro atoms. The largest absolute Gasteiger partial charge is 0.325 e. The minimum atomic E-state index is 0.0352. The average molecular weight is 287 g/mol. The Morgan fingerprint density at radius 2 is 2.14 bits per heavy atom. The highest BCUT2D eigenvalue weighted by Gasteiger charge is 2.30. The van der Waals surface area contributed by atoms with Crippen LogP contribution >= 0.6 is 0 Å². The summed E-state index contributed by atoms with van der Waals surface area (Å²) in [5.41, 5.74) is 3.81. The molecule has 2 N–H and O–H groups in total. The van der Waals surface area contributed by atoms with E-state index in [1.165, 1.54) is 24.0 Å². The molecule has 1 aliphatic heterocycles. The maximum absolute atomic E-state index is 12.3. The van der Waals surface area contributed by atoms with Crippen molar-refractivity contribution in [3.8, 4) is 0 Å². The lowest BCUT2D eigenvalue weighted by molar-refractivity contribution is -0.119. The van der Waals surface area contributed by atoms with Crippen LogP contribution in [0, 0.1) is 0 Å². The summed E-state index contributed by atoms with van der Waals surface area (Å²) < 4.78 is 0. The number of nitrogens with one attached hydrogen (secondary N) is 2. The van der Waals surface area contributed by atoms with E-state index in [-0.39, 0.29) is 11.4 Å². The molecule has 4 heteroatoms. The lowest BCUT2D eigenvalue weighted by Gasteiger charge is -2.42. The monoisotopic (exact) mass is 287 g/mol. The zero-order valence-electron chi connectivity index (χ0n) is 13.0. The highest BCUT2D eigenvalue weighted by molar-refractivity contribution is 5.92. The summed E-state index contributed by atoms with van der Waals surface area (Å²) in [6, 6.07) is 6.33. The first kappa shape index (κ1) is 14.5. The molecule has 0 aromatic heterocycles. The van der Waals surface area contributed by atoms with Crippen LogP contribution < -0.4 is 10.6 Å². The number of carbonyl (C=O) groups is 1. The van der Waals surface area contributed by atoms with E-state index < -0.39 is 0 Å². The second-order valence-electron chi connectivity index (χ2n) is 6.80. The molecule has 3 rings (SSSR count). The summed E-state index contributed by atoms with van der Waals surface area (Å²) in [5.74, 6) is 0.0860. The molecule has 0 atom stereocenters. The van der Waals surface area contributed by atoms with E-state index in [0.29, 0.717) is 6.54 Å². The standard InChI is InChI=1S/C17H25N3O/c1-17(2)12-18-8-9-20(17)11-16(21)19-15-7-6-13-4-3-5-14(13)10-15/h6-7,10,18H,3-5,8-9,11-12H2,1-2H3,(H,19,21). The van der Waals surface area contributed by atoms with Crippen molar-refractivity contribution >= 4 is 11.6 Å². The summed E-state index contributed by atoms with van der Waals surface area (Å²) >= 11 is 0. The Morgan fingerprint density at radius 3 is 2.95 bits per heavy atom. The fraction of sp³-hybridized carbons (Fsp3) is 0.588. The van der Waals surface area contributed by atoms with E-state index in [9.17, 15) is 4.79 Å². The second-order valence-corrected chi connectivity index (χ2v) is 6.80. The van der Waals surface area contributed by atoms with Crippen molar-refractivity contribution in [1.82, 2.24) is 10.2 Å². The summed E-state index contributed by atoms with van der Waals surface area (Å²) in [6.45, 7) is 7.63. The Kier molecular flexibility index (Phi) is 4.00.